The number of hydrazine groups is 1. The molecule has 20 heavy (non-hydrogen) atoms. The van der Waals surface area contributed by atoms with Crippen molar-refractivity contribution in [3.05, 3.63) is 35.9 Å². The predicted octanol–water partition coefficient (Wildman–Crippen LogP) is 1.74. The van der Waals surface area contributed by atoms with Crippen molar-refractivity contribution in [1.82, 2.24) is 9.91 Å². The van der Waals surface area contributed by atoms with Crippen molar-refractivity contribution < 1.29 is 9.53 Å². The largest absolute Gasteiger partial charge is 0.445 e. The molecule has 0 saturated carbocycles. The van der Waals surface area contributed by atoms with E-state index < -0.39 is 0 Å². The summed E-state index contributed by atoms with van der Waals surface area (Å²) in [5, 5.41) is 1.93. The van der Waals surface area contributed by atoms with Crippen LogP contribution in [-0.2, 0) is 11.3 Å². The lowest BCUT2D eigenvalue weighted by Crippen LogP contribution is -2.67. The first kappa shape index (κ1) is 13.4. The molecule has 2 fully saturated rings. The van der Waals surface area contributed by atoms with Crippen molar-refractivity contribution in [2.24, 2.45) is 5.84 Å². The lowest BCUT2D eigenvalue weighted by Gasteiger charge is -2.54. The van der Waals surface area contributed by atoms with Crippen molar-refractivity contribution in [1.29, 1.82) is 0 Å². The van der Waals surface area contributed by atoms with Gasteiger partial charge >= 0.3 is 6.09 Å². The molecule has 0 radical (unpaired) electrons. The SMILES string of the molecule is NN1CCC12CCN(C(=O)OCc1ccccc1)CC2. The van der Waals surface area contributed by atoms with Crippen molar-refractivity contribution in [3.63, 3.8) is 0 Å². The van der Waals surface area contributed by atoms with E-state index in [4.69, 9.17) is 10.6 Å². The summed E-state index contributed by atoms with van der Waals surface area (Å²) in [5.41, 5.74) is 1.16. The zero-order valence-electron chi connectivity index (χ0n) is 11.6. The summed E-state index contributed by atoms with van der Waals surface area (Å²) in [6.45, 7) is 2.78. The Morgan fingerprint density at radius 2 is 1.80 bits per heavy atom. The van der Waals surface area contributed by atoms with Gasteiger partial charge in [-0.2, -0.15) is 0 Å². The third-order valence-corrected chi connectivity index (χ3v) is 4.58. The minimum absolute atomic E-state index is 0.149. The van der Waals surface area contributed by atoms with Crippen LogP contribution in [0.15, 0.2) is 30.3 Å². The fourth-order valence-corrected chi connectivity index (χ4v) is 3.01. The number of piperidine rings is 1. The van der Waals surface area contributed by atoms with Gasteiger partial charge in [0.1, 0.15) is 6.61 Å². The van der Waals surface area contributed by atoms with Gasteiger partial charge < -0.3 is 9.64 Å². The lowest BCUT2D eigenvalue weighted by molar-refractivity contribution is -0.0581. The highest BCUT2D eigenvalue weighted by atomic mass is 16.6. The summed E-state index contributed by atoms with van der Waals surface area (Å²) in [6, 6.07) is 9.76. The molecule has 0 bridgehead atoms. The molecule has 2 heterocycles. The van der Waals surface area contributed by atoms with Crippen LogP contribution in [0.1, 0.15) is 24.8 Å². The molecule has 5 nitrogen and oxygen atoms in total. The minimum Gasteiger partial charge on any atom is -0.445 e. The van der Waals surface area contributed by atoms with Gasteiger partial charge in [-0.1, -0.05) is 30.3 Å². The number of likely N-dealkylation sites (tertiary alicyclic amines) is 1. The fraction of sp³-hybridized carbons (Fsp3) is 0.533. The molecule has 0 atom stereocenters. The first-order valence-electron chi connectivity index (χ1n) is 7.18. The lowest BCUT2D eigenvalue weighted by atomic mass is 9.78. The normalized spacial score (nSPS) is 21.6. The van der Waals surface area contributed by atoms with E-state index >= 15 is 0 Å². The highest BCUT2D eigenvalue weighted by Crippen LogP contribution is 2.37. The number of carbonyl (C=O) groups excluding carboxylic acids is 1. The predicted molar refractivity (Wildman–Crippen MR) is 75.7 cm³/mol. The van der Waals surface area contributed by atoms with E-state index in [9.17, 15) is 4.79 Å². The third kappa shape index (κ3) is 2.51. The van der Waals surface area contributed by atoms with Gasteiger partial charge in [-0.15, -0.1) is 0 Å². The van der Waals surface area contributed by atoms with E-state index in [0.717, 1.165) is 44.5 Å². The monoisotopic (exact) mass is 275 g/mol. The Labute approximate surface area is 119 Å². The van der Waals surface area contributed by atoms with Gasteiger partial charge in [-0.3, -0.25) is 5.84 Å². The molecule has 3 rings (SSSR count). The molecule has 2 aliphatic heterocycles. The molecule has 1 spiro atoms. The van der Waals surface area contributed by atoms with Crippen LogP contribution in [0.5, 0.6) is 0 Å². The zero-order chi connectivity index (χ0) is 14.0. The van der Waals surface area contributed by atoms with Crippen LogP contribution in [0.25, 0.3) is 0 Å². The minimum atomic E-state index is -0.216. The second-order valence-corrected chi connectivity index (χ2v) is 5.69. The molecule has 5 heteroatoms. The van der Waals surface area contributed by atoms with Crippen molar-refractivity contribution in [2.45, 2.75) is 31.4 Å². The molecule has 1 aromatic carbocycles. The molecule has 2 aliphatic rings. The van der Waals surface area contributed by atoms with Gasteiger partial charge in [0.25, 0.3) is 0 Å². The maximum atomic E-state index is 12.0. The molecule has 2 N–H and O–H groups in total. The number of hydrogen-bond donors (Lipinski definition) is 1. The quantitative estimate of drug-likeness (QED) is 0.835. The average Bonchev–Trinajstić information content (AvgIpc) is 2.52. The summed E-state index contributed by atoms with van der Waals surface area (Å²) in [4.78, 5) is 13.8. The van der Waals surface area contributed by atoms with Gasteiger partial charge in [0.15, 0.2) is 0 Å². The number of carbonyl (C=O) groups is 1. The second-order valence-electron chi connectivity index (χ2n) is 5.69. The molecular weight excluding hydrogens is 254 g/mol. The Morgan fingerprint density at radius 1 is 1.15 bits per heavy atom. The second kappa shape index (κ2) is 5.42. The summed E-state index contributed by atoms with van der Waals surface area (Å²) in [6.07, 6.45) is 2.83. The van der Waals surface area contributed by atoms with E-state index in [1.54, 1.807) is 4.90 Å². The summed E-state index contributed by atoms with van der Waals surface area (Å²) in [5.74, 6) is 5.94. The van der Waals surface area contributed by atoms with Crippen LogP contribution < -0.4 is 5.84 Å². The van der Waals surface area contributed by atoms with Gasteiger partial charge in [-0.25, -0.2) is 9.80 Å². The Balaban J connectivity index is 1.47. The highest BCUT2D eigenvalue weighted by molar-refractivity contribution is 5.67. The van der Waals surface area contributed by atoms with E-state index in [0.29, 0.717) is 6.61 Å². The topological polar surface area (TPSA) is 58.8 Å². The van der Waals surface area contributed by atoms with Crippen LogP contribution in [0.4, 0.5) is 4.79 Å². The number of nitrogens with two attached hydrogens (primary N) is 1. The van der Waals surface area contributed by atoms with E-state index in [2.05, 4.69) is 0 Å². The summed E-state index contributed by atoms with van der Waals surface area (Å²) >= 11 is 0. The van der Waals surface area contributed by atoms with Crippen molar-refractivity contribution in [3.8, 4) is 0 Å². The number of benzene rings is 1. The van der Waals surface area contributed by atoms with Crippen LogP contribution in [0.3, 0.4) is 0 Å². The fourth-order valence-electron chi connectivity index (χ4n) is 3.01. The van der Waals surface area contributed by atoms with E-state index in [-0.39, 0.29) is 11.6 Å². The van der Waals surface area contributed by atoms with Crippen LogP contribution in [0, 0.1) is 0 Å². The number of amides is 1. The molecule has 0 aromatic heterocycles. The summed E-state index contributed by atoms with van der Waals surface area (Å²) < 4.78 is 5.36. The van der Waals surface area contributed by atoms with Gasteiger partial charge in [-0.05, 0) is 24.8 Å². The average molecular weight is 275 g/mol. The van der Waals surface area contributed by atoms with Gasteiger partial charge in [0, 0.05) is 25.2 Å². The van der Waals surface area contributed by atoms with Crippen LogP contribution in [-0.4, -0.2) is 41.2 Å². The van der Waals surface area contributed by atoms with E-state index in [1.807, 2.05) is 35.3 Å². The van der Waals surface area contributed by atoms with Crippen LogP contribution >= 0.6 is 0 Å². The maximum absolute atomic E-state index is 12.0. The molecular formula is C15H21N3O2. The third-order valence-electron chi connectivity index (χ3n) is 4.58. The molecule has 0 aliphatic carbocycles. The number of rotatable bonds is 2. The standard InChI is InChI=1S/C15H21N3O2/c16-18-11-8-15(18)6-9-17(10-7-15)14(19)20-12-13-4-2-1-3-5-13/h1-5H,6-12,16H2. The Kier molecular flexibility index (Phi) is 3.63. The molecule has 1 amide bonds. The Morgan fingerprint density at radius 3 is 2.35 bits per heavy atom. The Bertz CT molecular complexity index is 469. The van der Waals surface area contributed by atoms with E-state index in [1.165, 1.54) is 0 Å². The first-order chi connectivity index (χ1) is 9.70. The maximum Gasteiger partial charge on any atom is 0.410 e. The molecule has 2 saturated heterocycles. The molecule has 0 unspecified atom stereocenters. The first-order valence-corrected chi connectivity index (χ1v) is 7.18. The molecule has 1 aromatic rings. The number of nitrogens with zero attached hydrogens (tertiary/aromatic N) is 2. The van der Waals surface area contributed by atoms with Gasteiger partial charge in [0.2, 0.25) is 0 Å². The Hall–Kier alpha value is -1.59. The van der Waals surface area contributed by atoms with Crippen molar-refractivity contribution >= 4 is 6.09 Å². The zero-order valence-corrected chi connectivity index (χ0v) is 11.6. The highest BCUT2D eigenvalue weighted by Gasteiger charge is 2.45. The summed E-state index contributed by atoms with van der Waals surface area (Å²) in [7, 11) is 0. The number of hydrogen-bond acceptors (Lipinski definition) is 4. The van der Waals surface area contributed by atoms with Gasteiger partial charge in [0.05, 0.1) is 0 Å². The van der Waals surface area contributed by atoms with Crippen LogP contribution in [0.2, 0.25) is 0 Å². The van der Waals surface area contributed by atoms with Crippen molar-refractivity contribution in [2.75, 3.05) is 19.6 Å². The number of ether oxygens (including phenoxy) is 1. The molecule has 108 valence electrons. The smallest absolute Gasteiger partial charge is 0.410 e.